The second-order valence-electron chi connectivity index (χ2n) is 4.64. The highest BCUT2D eigenvalue weighted by Gasteiger charge is 2.20. The highest BCUT2D eigenvalue weighted by molar-refractivity contribution is 6.14. The van der Waals surface area contributed by atoms with Gasteiger partial charge in [0.1, 0.15) is 23.1 Å². The summed E-state index contributed by atoms with van der Waals surface area (Å²) < 4.78 is 18.8. The number of furan rings is 1. The van der Waals surface area contributed by atoms with Gasteiger partial charge >= 0.3 is 0 Å². The van der Waals surface area contributed by atoms with E-state index in [0.29, 0.717) is 24.2 Å². The topological polar surface area (TPSA) is 54.6 Å². The van der Waals surface area contributed by atoms with Gasteiger partial charge in [-0.25, -0.2) is 9.38 Å². The molecule has 0 unspecified atom stereocenters. The van der Waals surface area contributed by atoms with Crippen LogP contribution in [0.15, 0.2) is 57.8 Å². The molecule has 2 heterocycles. The minimum absolute atomic E-state index is 0.217. The van der Waals surface area contributed by atoms with E-state index < -0.39 is 0 Å². The molecule has 106 valence electrons. The molecule has 0 atom stereocenters. The number of hydrogen-bond donors (Lipinski definition) is 1. The molecule has 1 aliphatic heterocycles. The van der Waals surface area contributed by atoms with Crippen molar-refractivity contribution >= 4 is 17.8 Å². The Morgan fingerprint density at radius 3 is 2.81 bits per heavy atom. The SMILES string of the molecule is O=C1NC(CCc2ccco2)=N/C1=C\c1ccccc1F. The molecule has 4 nitrogen and oxygen atoms in total. The molecule has 0 fully saturated rings. The fourth-order valence-corrected chi connectivity index (χ4v) is 2.07. The second kappa shape index (κ2) is 5.75. The van der Waals surface area contributed by atoms with Gasteiger partial charge in [-0.2, -0.15) is 0 Å². The van der Waals surface area contributed by atoms with Crippen LogP contribution in [0.4, 0.5) is 4.39 Å². The van der Waals surface area contributed by atoms with Crippen LogP contribution in [-0.4, -0.2) is 11.7 Å². The lowest BCUT2D eigenvalue weighted by Gasteiger charge is -1.97. The summed E-state index contributed by atoms with van der Waals surface area (Å²) in [6.45, 7) is 0. The molecule has 3 rings (SSSR count). The second-order valence-corrected chi connectivity index (χ2v) is 4.64. The largest absolute Gasteiger partial charge is 0.469 e. The fourth-order valence-electron chi connectivity index (χ4n) is 2.07. The van der Waals surface area contributed by atoms with Crippen LogP contribution in [0, 0.1) is 5.82 Å². The van der Waals surface area contributed by atoms with Gasteiger partial charge in [-0.1, -0.05) is 18.2 Å². The minimum atomic E-state index is -0.378. The molecule has 1 aromatic carbocycles. The molecule has 1 amide bonds. The van der Waals surface area contributed by atoms with Gasteiger partial charge in [0.15, 0.2) is 0 Å². The Morgan fingerprint density at radius 1 is 1.19 bits per heavy atom. The van der Waals surface area contributed by atoms with Crippen LogP contribution in [0.2, 0.25) is 0 Å². The van der Waals surface area contributed by atoms with E-state index >= 15 is 0 Å². The van der Waals surface area contributed by atoms with Crippen LogP contribution in [0.1, 0.15) is 17.7 Å². The predicted molar refractivity (Wildman–Crippen MR) is 77.0 cm³/mol. The smallest absolute Gasteiger partial charge is 0.275 e. The van der Waals surface area contributed by atoms with E-state index in [2.05, 4.69) is 10.3 Å². The van der Waals surface area contributed by atoms with E-state index in [0.717, 1.165) is 5.76 Å². The van der Waals surface area contributed by atoms with Crippen LogP contribution in [0.3, 0.4) is 0 Å². The van der Waals surface area contributed by atoms with Gasteiger partial charge in [-0.15, -0.1) is 0 Å². The lowest BCUT2D eigenvalue weighted by Crippen LogP contribution is -2.24. The third-order valence-electron chi connectivity index (χ3n) is 3.13. The molecule has 0 saturated carbocycles. The van der Waals surface area contributed by atoms with Crippen molar-refractivity contribution in [2.75, 3.05) is 0 Å². The molecule has 1 aromatic heterocycles. The van der Waals surface area contributed by atoms with Crippen molar-refractivity contribution in [3.05, 3.63) is 65.5 Å². The van der Waals surface area contributed by atoms with Crippen LogP contribution >= 0.6 is 0 Å². The Morgan fingerprint density at radius 2 is 2.05 bits per heavy atom. The van der Waals surface area contributed by atoms with Gasteiger partial charge in [-0.05, 0) is 24.3 Å². The first kappa shape index (κ1) is 13.3. The molecule has 21 heavy (non-hydrogen) atoms. The van der Waals surface area contributed by atoms with E-state index in [1.807, 2.05) is 12.1 Å². The fraction of sp³-hybridized carbons (Fsp3) is 0.125. The van der Waals surface area contributed by atoms with Gasteiger partial charge in [0, 0.05) is 18.4 Å². The third-order valence-corrected chi connectivity index (χ3v) is 3.13. The molecular formula is C16H13FN2O2. The Hall–Kier alpha value is -2.69. The molecule has 0 bridgehead atoms. The quantitative estimate of drug-likeness (QED) is 0.878. The average molecular weight is 284 g/mol. The summed E-state index contributed by atoms with van der Waals surface area (Å²) in [4.78, 5) is 16.0. The van der Waals surface area contributed by atoms with Gasteiger partial charge in [-0.3, -0.25) is 4.79 Å². The Balaban J connectivity index is 1.74. The van der Waals surface area contributed by atoms with Crippen molar-refractivity contribution in [3.8, 4) is 0 Å². The lowest BCUT2D eigenvalue weighted by molar-refractivity contribution is -0.115. The first-order valence-corrected chi connectivity index (χ1v) is 6.60. The highest BCUT2D eigenvalue weighted by Crippen LogP contribution is 2.16. The number of aliphatic imine (C=N–C) groups is 1. The minimum Gasteiger partial charge on any atom is -0.469 e. The number of amidine groups is 1. The average Bonchev–Trinajstić information content (AvgIpc) is 3.10. The van der Waals surface area contributed by atoms with Crippen LogP contribution in [0.25, 0.3) is 6.08 Å². The molecule has 5 heteroatoms. The predicted octanol–water partition coefficient (Wildman–Crippen LogP) is 2.92. The van der Waals surface area contributed by atoms with Crippen molar-refractivity contribution < 1.29 is 13.6 Å². The van der Waals surface area contributed by atoms with Crippen molar-refractivity contribution in [2.45, 2.75) is 12.8 Å². The third kappa shape index (κ3) is 3.08. The van der Waals surface area contributed by atoms with E-state index in [1.165, 1.54) is 12.1 Å². The Kier molecular flexibility index (Phi) is 3.64. The standard InChI is InChI=1S/C16H13FN2O2/c17-13-6-2-1-4-11(13)10-14-16(20)19-15(18-14)8-7-12-5-3-9-21-12/h1-6,9-10H,7-8H2,(H,18,19,20)/b14-10-. The monoisotopic (exact) mass is 284 g/mol. The number of carbonyl (C=O) groups excluding carboxylic acids is 1. The van der Waals surface area contributed by atoms with Crippen molar-refractivity contribution in [2.24, 2.45) is 4.99 Å². The van der Waals surface area contributed by atoms with Crippen molar-refractivity contribution in [1.29, 1.82) is 0 Å². The molecular weight excluding hydrogens is 271 g/mol. The zero-order chi connectivity index (χ0) is 14.7. The number of halogens is 1. The first-order chi connectivity index (χ1) is 10.2. The summed E-state index contributed by atoms with van der Waals surface area (Å²) in [5, 5.41) is 2.68. The number of nitrogens with zero attached hydrogens (tertiary/aromatic N) is 1. The maximum atomic E-state index is 13.6. The lowest BCUT2D eigenvalue weighted by atomic mass is 10.2. The molecule has 2 aromatic rings. The molecule has 0 aliphatic carbocycles. The number of benzene rings is 1. The first-order valence-electron chi connectivity index (χ1n) is 6.60. The van der Waals surface area contributed by atoms with Crippen LogP contribution in [-0.2, 0) is 11.2 Å². The van der Waals surface area contributed by atoms with Gasteiger partial charge < -0.3 is 9.73 Å². The zero-order valence-electron chi connectivity index (χ0n) is 11.2. The van der Waals surface area contributed by atoms with Crippen molar-refractivity contribution in [1.82, 2.24) is 5.32 Å². The van der Waals surface area contributed by atoms with Crippen LogP contribution in [0.5, 0.6) is 0 Å². The van der Waals surface area contributed by atoms with Gasteiger partial charge in [0.2, 0.25) is 0 Å². The number of aryl methyl sites for hydroxylation is 1. The summed E-state index contributed by atoms with van der Waals surface area (Å²) in [6.07, 6.45) is 4.27. The summed E-state index contributed by atoms with van der Waals surface area (Å²) in [5.41, 5.74) is 0.563. The summed E-state index contributed by atoms with van der Waals surface area (Å²) in [5.74, 6) is 0.710. The number of amides is 1. The number of carbonyl (C=O) groups is 1. The maximum absolute atomic E-state index is 13.6. The summed E-state index contributed by atoms with van der Waals surface area (Å²) in [6, 6.07) is 9.95. The molecule has 1 N–H and O–H groups in total. The Labute approximate surface area is 121 Å². The zero-order valence-corrected chi connectivity index (χ0v) is 11.2. The van der Waals surface area contributed by atoms with E-state index in [4.69, 9.17) is 4.42 Å². The molecule has 0 spiro atoms. The summed E-state index contributed by atoms with van der Waals surface area (Å²) in [7, 11) is 0. The van der Waals surface area contributed by atoms with Gasteiger partial charge in [0.05, 0.1) is 6.26 Å². The van der Waals surface area contributed by atoms with E-state index in [9.17, 15) is 9.18 Å². The normalized spacial score (nSPS) is 16.1. The molecule has 0 saturated heterocycles. The molecule has 1 aliphatic rings. The van der Waals surface area contributed by atoms with E-state index in [1.54, 1.807) is 24.5 Å². The summed E-state index contributed by atoms with van der Waals surface area (Å²) >= 11 is 0. The number of nitrogens with one attached hydrogen (secondary N) is 1. The number of rotatable bonds is 4. The van der Waals surface area contributed by atoms with Crippen molar-refractivity contribution in [3.63, 3.8) is 0 Å². The van der Waals surface area contributed by atoms with E-state index in [-0.39, 0.29) is 17.4 Å². The number of hydrogen-bond acceptors (Lipinski definition) is 3. The highest BCUT2D eigenvalue weighted by atomic mass is 19.1. The maximum Gasteiger partial charge on any atom is 0.275 e. The molecule has 0 radical (unpaired) electrons. The van der Waals surface area contributed by atoms with Gasteiger partial charge in [0.25, 0.3) is 5.91 Å². The van der Waals surface area contributed by atoms with Crippen LogP contribution < -0.4 is 5.32 Å². The Bertz CT molecular complexity index is 718.